The van der Waals surface area contributed by atoms with Gasteiger partial charge in [-0.25, -0.2) is 0 Å². The van der Waals surface area contributed by atoms with Crippen molar-refractivity contribution in [1.29, 1.82) is 0 Å². The van der Waals surface area contributed by atoms with E-state index in [2.05, 4.69) is 31.1 Å². The van der Waals surface area contributed by atoms with Gasteiger partial charge in [0.2, 0.25) is 0 Å². The zero-order valence-electron chi connectivity index (χ0n) is 11.3. The Morgan fingerprint density at radius 2 is 1.81 bits per heavy atom. The number of nitrogens with zero attached hydrogens (tertiary/aromatic N) is 1. The maximum atomic E-state index is 3.52. The molecule has 0 radical (unpaired) electrons. The molecule has 2 aliphatic rings. The van der Waals surface area contributed by atoms with E-state index in [0.717, 1.165) is 6.04 Å². The quantitative estimate of drug-likeness (QED) is 0.776. The number of rotatable bonds is 2. The summed E-state index contributed by atoms with van der Waals surface area (Å²) in [5, 5.41) is 3.52. The molecule has 1 unspecified atom stereocenters. The highest BCUT2D eigenvalue weighted by molar-refractivity contribution is 4.93. The normalized spacial score (nSPS) is 32.8. The Hall–Kier alpha value is -0.0800. The molecule has 0 amide bonds. The van der Waals surface area contributed by atoms with E-state index < -0.39 is 0 Å². The second-order valence-corrected chi connectivity index (χ2v) is 6.37. The van der Waals surface area contributed by atoms with Gasteiger partial charge in [0.15, 0.2) is 0 Å². The van der Waals surface area contributed by atoms with Crippen molar-refractivity contribution in [3.05, 3.63) is 0 Å². The molecule has 0 spiro atoms. The van der Waals surface area contributed by atoms with Crippen LogP contribution < -0.4 is 5.32 Å². The van der Waals surface area contributed by atoms with Crippen LogP contribution in [-0.4, -0.2) is 37.1 Å². The van der Waals surface area contributed by atoms with Crippen LogP contribution in [0.1, 0.15) is 52.4 Å². The lowest BCUT2D eigenvalue weighted by Crippen LogP contribution is -2.56. The van der Waals surface area contributed by atoms with Gasteiger partial charge in [0.25, 0.3) is 0 Å². The lowest BCUT2D eigenvalue weighted by atomic mass is 9.77. The van der Waals surface area contributed by atoms with Crippen LogP contribution in [0.15, 0.2) is 0 Å². The standard InChI is InChI=1S/C14H28N2/c1-14(2)9-10-16(11-13(14)15-3)12-7-5-4-6-8-12/h12-13,15H,4-11H2,1-3H3. The summed E-state index contributed by atoms with van der Waals surface area (Å²) in [6.45, 7) is 7.39. The topological polar surface area (TPSA) is 15.3 Å². The van der Waals surface area contributed by atoms with E-state index in [0.29, 0.717) is 11.5 Å². The second kappa shape index (κ2) is 5.05. The zero-order valence-corrected chi connectivity index (χ0v) is 11.3. The van der Waals surface area contributed by atoms with Crippen molar-refractivity contribution in [3.63, 3.8) is 0 Å². The van der Waals surface area contributed by atoms with Crippen LogP contribution in [0, 0.1) is 5.41 Å². The summed E-state index contributed by atoms with van der Waals surface area (Å²) in [6.07, 6.45) is 8.59. The fraction of sp³-hybridized carbons (Fsp3) is 1.00. The number of likely N-dealkylation sites (N-methyl/N-ethyl adjacent to an activating group) is 1. The fourth-order valence-electron chi connectivity index (χ4n) is 3.44. The van der Waals surface area contributed by atoms with Gasteiger partial charge in [-0.1, -0.05) is 33.1 Å². The minimum absolute atomic E-state index is 0.472. The van der Waals surface area contributed by atoms with Crippen molar-refractivity contribution in [2.45, 2.75) is 64.5 Å². The molecule has 0 aromatic heterocycles. The predicted octanol–water partition coefficient (Wildman–Crippen LogP) is 2.64. The van der Waals surface area contributed by atoms with Gasteiger partial charge in [0.1, 0.15) is 0 Å². The molecular weight excluding hydrogens is 196 g/mol. The molecule has 1 saturated carbocycles. The molecule has 16 heavy (non-hydrogen) atoms. The Morgan fingerprint density at radius 3 is 2.44 bits per heavy atom. The molecule has 1 saturated heterocycles. The van der Waals surface area contributed by atoms with Crippen molar-refractivity contribution in [2.75, 3.05) is 20.1 Å². The van der Waals surface area contributed by atoms with Gasteiger partial charge in [-0.3, -0.25) is 4.90 Å². The molecule has 2 rings (SSSR count). The summed E-state index contributed by atoms with van der Waals surface area (Å²) in [6, 6.07) is 1.56. The smallest absolute Gasteiger partial charge is 0.0243 e. The second-order valence-electron chi connectivity index (χ2n) is 6.37. The Kier molecular flexibility index (Phi) is 3.91. The average Bonchev–Trinajstić information content (AvgIpc) is 2.30. The minimum atomic E-state index is 0.472. The van der Waals surface area contributed by atoms with Gasteiger partial charge >= 0.3 is 0 Å². The van der Waals surface area contributed by atoms with Crippen LogP contribution in [0.25, 0.3) is 0 Å². The molecule has 0 aromatic carbocycles. The first-order valence-electron chi connectivity index (χ1n) is 7.05. The summed E-state index contributed by atoms with van der Waals surface area (Å²) in [7, 11) is 2.12. The van der Waals surface area contributed by atoms with E-state index in [4.69, 9.17) is 0 Å². The highest BCUT2D eigenvalue weighted by atomic mass is 15.2. The zero-order chi connectivity index (χ0) is 11.6. The lowest BCUT2D eigenvalue weighted by Gasteiger charge is -2.47. The molecule has 0 aromatic rings. The van der Waals surface area contributed by atoms with Gasteiger partial charge in [-0.05, 0) is 38.3 Å². The average molecular weight is 224 g/mol. The van der Waals surface area contributed by atoms with Crippen LogP contribution >= 0.6 is 0 Å². The molecule has 2 fully saturated rings. The summed E-state index contributed by atoms with van der Waals surface area (Å²) in [4.78, 5) is 2.76. The maximum Gasteiger partial charge on any atom is 0.0243 e. The Balaban J connectivity index is 1.93. The predicted molar refractivity (Wildman–Crippen MR) is 69.7 cm³/mol. The van der Waals surface area contributed by atoms with Gasteiger partial charge in [0.05, 0.1) is 0 Å². The molecule has 2 nitrogen and oxygen atoms in total. The molecule has 94 valence electrons. The number of likely N-dealkylation sites (tertiary alicyclic amines) is 1. The third kappa shape index (κ3) is 2.60. The monoisotopic (exact) mass is 224 g/mol. The van der Waals surface area contributed by atoms with Crippen LogP contribution in [0.3, 0.4) is 0 Å². The van der Waals surface area contributed by atoms with E-state index in [-0.39, 0.29) is 0 Å². The minimum Gasteiger partial charge on any atom is -0.315 e. The molecule has 0 bridgehead atoms. The van der Waals surface area contributed by atoms with E-state index in [9.17, 15) is 0 Å². The first kappa shape index (κ1) is 12.4. The summed E-state index contributed by atoms with van der Waals surface area (Å²) < 4.78 is 0. The molecule has 2 heteroatoms. The highest BCUT2D eigenvalue weighted by Gasteiger charge is 2.36. The van der Waals surface area contributed by atoms with Gasteiger partial charge in [0, 0.05) is 18.6 Å². The SMILES string of the molecule is CNC1CN(C2CCCCC2)CCC1(C)C. The van der Waals surface area contributed by atoms with Crippen molar-refractivity contribution < 1.29 is 0 Å². The van der Waals surface area contributed by atoms with Crippen molar-refractivity contribution >= 4 is 0 Å². The Labute approximate surface area is 101 Å². The molecule has 1 N–H and O–H groups in total. The van der Waals surface area contributed by atoms with E-state index in [1.807, 2.05) is 0 Å². The van der Waals surface area contributed by atoms with Crippen LogP contribution in [0.4, 0.5) is 0 Å². The lowest BCUT2D eigenvalue weighted by molar-refractivity contribution is 0.0468. The molecule has 1 atom stereocenters. The van der Waals surface area contributed by atoms with E-state index >= 15 is 0 Å². The third-order valence-electron chi connectivity index (χ3n) is 4.84. The molecule has 1 aliphatic heterocycles. The van der Waals surface area contributed by atoms with Crippen LogP contribution in [0.5, 0.6) is 0 Å². The van der Waals surface area contributed by atoms with Gasteiger partial charge < -0.3 is 5.32 Å². The Bertz CT molecular complexity index is 219. The van der Waals surface area contributed by atoms with Crippen molar-refractivity contribution in [1.82, 2.24) is 10.2 Å². The van der Waals surface area contributed by atoms with Crippen LogP contribution in [0.2, 0.25) is 0 Å². The number of nitrogens with one attached hydrogen (secondary N) is 1. The number of piperidine rings is 1. The summed E-state index contributed by atoms with van der Waals surface area (Å²) >= 11 is 0. The largest absolute Gasteiger partial charge is 0.315 e. The summed E-state index contributed by atoms with van der Waals surface area (Å²) in [5.41, 5.74) is 0.472. The fourth-order valence-corrected chi connectivity index (χ4v) is 3.44. The number of hydrogen-bond donors (Lipinski definition) is 1. The molecule has 1 heterocycles. The van der Waals surface area contributed by atoms with E-state index in [1.54, 1.807) is 0 Å². The third-order valence-corrected chi connectivity index (χ3v) is 4.84. The van der Waals surface area contributed by atoms with Crippen molar-refractivity contribution in [2.24, 2.45) is 5.41 Å². The maximum absolute atomic E-state index is 3.52. The Morgan fingerprint density at radius 1 is 1.12 bits per heavy atom. The van der Waals surface area contributed by atoms with Crippen molar-refractivity contribution in [3.8, 4) is 0 Å². The van der Waals surface area contributed by atoms with E-state index in [1.165, 1.54) is 51.6 Å². The first-order valence-corrected chi connectivity index (χ1v) is 7.05. The first-order chi connectivity index (χ1) is 7.63. The van der Waals surface area contributed by atoms with Crippen LogP contribution in [-0.2, 0) is 0 Å². The van der Waals surface area contributed by atoms with Gasteiger partial charge in [-0.15, -0.1) is 0 Å². The highest BCUT2D eigenvalue weighted by Crippen LogP contribution is 2.33. The number of hydrogen-bond acceptors (Lipinski definition) is 2. The molecular formula is C14H28N2. The van der Waals surface area contributed by atoms with Gasteiger partial charge in [-0.2, -0.15) is 0 Å². The molecule has 1 aliphatic carbocycles. The summed E-state index contributed by atoms with van der Waals surface area (Å²) in [5.74, 6) is 0.